The van der Waals surface area contributed by atoms with Crippen LogP contribution in [0.25, 0.3) is 0 Å². The van der Waals surface area contributed by atoms with E-state index in [0.717, 1.165) is 11.4 Å². The number of nitrogens with zero attached hydrogens (tertiary/aromatic N) is 1. The van der Waals surface area contributed by atoms with Crippen LogP contribution in [-0.2, 0) is 0 Å². The van der Waals surface area contributed by atoms with E-state index in [0.29, 0.717) is 6.04 Å². The molecule has 16 heavy (non-hydrogen) atoms. The van der Waals surface area contributed by atoms with Gasteiger partial charge in [0, 0.05) is 11.7 Å². The monoisotopic (exact) mass is 216 g/mol. The van der Waals surface area contributed by atoms with Crippen molar-refractivity contribution in [1.82, 2.24) is 0 Å². The van der Waals surface area contributed by atoms with Crippen LogP contribution in [0, 0.1) is 11.3 Å². The molecule has 0 saturated heterocycles. The van der Waals surface area contributed by atoms with Crippen molar-refractivity contribution >= 4 is 5.69 Å². The number of ether oxygens (including phenoxy) is 1. The molecule has 0 aliphatic heterocycles. The standard InChI is InChI=1S/C13H16N2O/c14-9-10-16-13-7-5-12(6-8-13)15-11-3-1-2-4-11/h5-8,11,15H,1-4,10H2. The molecule has 84 valence electrons. The summed E-state index contributed by atoms with van der Waals surface area (Å²) >= 11 is 0. The maximum atomic E-state index is 8.38. The van der Waals surface area contributed by atoms with Crippen LogP contribution in [0.4, 0.5) is 5.69 Å². The Kier molecular flexibility index (Phi) is 3.66. The van der Waals surface area contributed by atoms with E-state index in [1.807, 2.05) is 30.3 Å². The van der Waals surface area contributed by atoms with E-state index in [4.69, 9.17) is 10.00 Å². The van der Waals surface area contributed by atoms with E-state index < -0.39 is 0 Å². The predicted molar refractivity (Wildman–Crippen MR) is 63.4 cm³/mol. The average Bonchev–Trinajstić information content (AvgIpc) is 2.81. The summed E-state index contributed by atoms with van der Waals surface area (Å²) in [6, 6.07) is 10.4. The summed E-state index contributed by atoms with van der Waals surface area (Å²) in [5, 5.41) is 11.9. The van der Waals surface area contributed by atoms with Gasteiger partial charge < -0.3 is 10.1 Å². The largest absolute Gasteiger partial charge is 0.479 e. The van der Waals surface area contributed by atoms with Crippen molar-refractivity contribution in [2.75, 3.05) is 11.9 Å². The zero-order valence-electron chi connectivity index (χ0n) is 9.28. The molecule has 1 fully saturated rings. The van der Waals surface area contributed by atoms with Crippen LogP contribution < -0.4 is 10.1 Å². The van der Waals surface area contributed by atoms with E-state index in [1.165, 1.54) is 25.7 Å². The lowest BCUT2D eigenvalue weighted by Crippen LogP contribution is -2.14. The van der Waals surface area contributed by atoms with Gasteiger partial charge in [0.25, 0.3) is 0 Å². The highest BCUT2D eigenvalue weighted by Gasteiger charge is 2.13. The lowest BCUT2D eigenvalue weighted by atomic mass is 10.2. The number of nitrogens with one attached hydrogen (secondary N) is 1. The van der Waals surface area contributed by atoms with Gasteiger partial charge in [0.2, 0.25) is 0 Å². The van der Waals surface area contributed by atoms with E-state index in [9.17, 15) is 0 Å². The lowest BCUT2D eigenvalue weighted by Gasteiger charge is -2.13. The molecule has 0 aromatic heterocycles. The smallest absolute Gasteiger partial charge is 0.174 e. The molecule has 0 atom stereocenters. The molecule has 1 saturated carbocycles. The van der Waals surface area contributed by atoms with Gasteiger partial charge in [-0.15, -0.1) is 0 Å². The molecule has 1 N–H and O–H groups in total. The molecule has 3 heteroatoms. The number of anilines is 1. The average molecular weight is 216 g/mol. The highest BCUT2D eigenvalue weighted by molar-refractivity contribution is 5.47. The molecule has 1 aliphatic carbocycles. The van der Waals surface area contributed by atoms with E-state index in [1.54, 1.807) is 0 Å². The van der Waals surface area contributed by atoms with Crippen LogP contribution in [0.1, 0.15) is 25.7 Å². The molecule has 0 amide bonds. The molecule has 1 aromatic carbocycles. The quantitative estimate of drug-likeness (QED) is 0.841. The van der Waals surface area contributed by atoms with Crippen LogP contribution >= 0.6 is 0 Å². The van der Waals surface area contributed by atoms with Crippen LogP contribution in [0.5, 0.6) is 5.75 Å². The van der Waals surface area contributed by atoms with Crippen LogP contribution in [0.15, 0.2) is 24.3 Å². The van der Waals surface area contributed by atoms with E-state index in [2.05, 4.69) is 5.32 Å². The third kappa shape index (κ3) is 2.90. The van der Waals surface area contributed by atoms with Crippen molar-refractivity contribution in [3.63, 3.8) is 0 Å². The summed E-state index contributed by atoms with van der Waals surface area (Å²) in [5.41, 5.74) is 1.14. The fraction of sp³-hybridized carbons (Fsp3) is 0.462. The number of benzene rings is 1. The maximum Gasteiger partial charge on any atom is 0.174 e. The summed E-state index contributed by atoms with van der Waals surface area (Å²) in [6.45, 7) is 0.107. The van der Waals surface area contributed by atoms with Gasteiger partial charge in [0.05, 0.1) is 0 Å². The Bertz CT molecular complexity index is 361. The van der Waals surface area contributed by atoms with E-state index in [-0.39, 0.29) is 6.61 Å². The van der Waals surface area contributed by atoms with Gasteiger partial charge in [-0.1, -0.05) is 12.8 Å². The summed E-state index contributed by atoms with van der Waals surface area (Å²) in [5.74, 6) is 0.749. The van der Waals surface area contributed by atoms with Gasteiger partial charge in [-0.05, 0) is 37.1 Å². The normalized spacial score (nSPS) is 15.7. The number of rotatable bonds is 4. The van der Waals surface area contributed by atoms with Gasteiger partial charge in [0.15, 0.2) is 6.61 Å². The number of nitriles is 1. The first-order valence-electron chi connectivity index (χ1n) is 5.75. The van der Waals surface area contributed by atoms with Crippen molar-refractivity contribution in [1.29, 1.82) is 5.26 Å². The van der Waals surface area contributed by atoms with Crippen molar-refractivity contribution in [2.45, 2.75) is 31.7 Å². The van der Waals surface area contributed by atoms with Crippen LogP contribution in [0.2, 0.25) is 0 Å². The molecule has 1 aliphatic rings. The molecular formula is C13H16N2O. The van der Waals surface area contributed by atoms with Crippen LogP contribution in [0.3, 0.4) is 0 Å². The second-order valence-electron chi connectivity index (χ2n) is 4.10. The zero-order chi connectivity index (χ0) is 11.2. The molecule has 0 bridgehead atoms. The van der Waals surface area contributed by atoms with Crippen LogP contribution in [-0.4, -0.2) is 12.6 Å². The Labute approximate surface area is 96.0 Å². The first-order valence-corrected chi connectivity index (χ1v) is 5.75. The topological polar surface area (TPSA) is 45.0 Å². The maximum absolute atomic E-state index is 8.38. The number of hydrogen-bond donors (Lipinski definition) is 1. The molecule has 0 unspecified atom stereocenters. The summed E-state index contributed by atoms with van der Waals surface area (Å²) in [4.78, 5) is 0. The first-order chi connectivity index (χ1) is 7.88. The second-order valence-corrected chi connectivity index (χ2v) is 4.10. The molecule has 0 heterocycles. The minimum atomic E-state index is 0.107. The summed E-state index contributed by atoms with van der Waals surface area (Å²) < 4.78 is 5.19. The van der Waals surface area contributed by atoms with Gasteiger partial charge in [0.1, 0.15) is 11.8 Å². The Balaban J connectivity index is 1.88. The Morgan fingerprint density at radius 1 is 1.25 bits per heavy atom. The van der Waals surface area contributed by atoms with Crippen molar-refractivity contribution in [3.05, 3.63) is 24.3 Å². The Morgan fingerprint density at radius 2 is 1.94 bits per heavy atom. The van der Waals surface area contributed by atoms with Gasteiger partial charge in [-0.25, -0.2) is 0 Å². The molecule has 2 rings (SSSR count). The Hall–Kier alpha value is -1.69. The Morgan fingerprint density at radius 3 is 2.56 bits per heavy atom. The van der Waals surface area contributed by atoms with Gasteiger partial charge in [-0.2, -0.15) is 5.26 Å². The van der Waals surface area contributed by atoms with Gasteiger partial charge in [-0.3, -0.25) is 0 Å². The zero-order valence-corrected chi connectivity index (χ0v) is 9.28. The van der Waals surface area contributed by atoms with Crippen molar-refractivity contribution in [3.8, 4) is 11.8 Å². The molecule has 3 nitrogen and oxygen atoms in total. The van der Waals surface area contributed by atoms with Crippen molar-refractivity contribution in [2.24, 2.45) is 0 Å². The minimum absolute atomic E-state index is 0.107. The molecule has 1 aromatic rings. The third-order valence-electron chi connectivity index (χ3n) is 2.88. The predicted octanol–water partition coefficient (Wildman–Crippen LogP) is 2.94. The van der Waals surface area contributed by atoms with Crippen molar-refractivity contribution < 1.29 is 4.74 Å². The second kappa shape index (κ2) is 5.41. The fourth-order valence-electron chi connectivity index (χ4n) is 2.07. The highest BCUT2D eigenvalue weighted by Crippen LogP contribution is 2.23. The highest BCUT2D eigenvalue weighted by atomic mass is 16.5. The minimum Gasteiger partial charge on any atom is -0.479 e. The molecular weight excluding hydrogens is 200 g/mol. The number of hydrogen-bond acceptors (Lipinski definition) is 3. The lowest BCUT2D eigenvalue weighted by molar-refractivity contribution is 0.368. The first kappa shape index (κ1) is 10.8. The molecule has 0 spiro atoms. The summed E-state index contributed by atoms with van der Waals surface area (Å²) in [7, 11) is 0. The van der Waals surface area contributed by atoms with E-state index >= 15 is 0 Å². The van der Waals surface area contributed by atoms with Gasteiger partial charge >= 0.3 is 0 Å². The summed E-state index contributed by atoms with van der Waals surface area (Å²) in [6.07, 6.45) is 5.21. The SMILES string of the molecule is N#CCOc1ccc(NC2CCCC2)cc1. The fourth-order valence-corrected chi connectivity index (χ4v) is 2.07. The third-order valence-corrected chi connectivity index (χ3v) is 2.88. The molecule has 0 radical (unpaired) electrons.